The molecule has 2 heterocycles. The number of carbonyl (C=O) groups excluding carboxylic acids is 2. The smallest absolute Gasteiger partial charge is 0.276 e. The van der Waals surface area contributed by atoms with Crippen molar-refractivity contribution in [1.82, 2.24) is 19.7 Å². The number of aryl methyl sites for hydroxylation is 1. The van der Waals surface area contributed by atoms with Crippen LogP contribution < -0.4 is 5.32 Å². The van der Waals surface area contributed by atoms with Gasteiger partial charge >= 0.3 is 0 Å². The molecule has 0 unspecified atom stereocenters. The molecule has 0 radical (unpaired) electrons. The van der Waals surface area contributed by atoms with Crippen molar-refractivity contribution in [2.75, 3.05) is 33.9 Å². The van der Waals surface area contributed by atoms with E-state index in [4.69, 9.17) is 17.0 Å². The van der Waals surface area contributed by atoms with E-state index in [-0.39, 0.29) is 18.4 Å². The summed E-state index contributed by atoms with van der Waals surface area (Å²) in [5.41, 5.74) is 3.59. The predicted octanol–water partition coefficient (Wildman–Crippen LogP) is 2.39. The number of aromatic nitrogens is 1. The lowest BCUT2D eigenvalue weighted by molar-refractivity contribution is -0.123. The number of thiocarbonyl (C=S) groups is 1. The van der Waals surface area contributed by atoms with Crippen molar-refractivity contribution in [2.45, 2.75) is 26.8 Å². The molecule has 0 bridgehead atoms. The summed E-state index contributed by atoms with van der Waals surface area (Å²) in [5, 5.41) is 4.38. The van der Waals surface area contributed by atoms with Crippen molar-refractivity contribution < 1.29 is 14.3 Å². The molecule has 1 saturated heterocycles. The van der Waals surface area contributed by atoms with E-state index in [0.29, 0.717) is 30.5 Å². The zero-order valence-corrected chi connectivity index (χ0v) is 18.7. The third-order valence-electron chi connectivity index (χ3n) is 5.29. The monoisotopic (exact) mass is 428 g/mol. The van der Waals surface area contributed by atoms with Gasteiger partial charge in [-0.05, 0) is 37.2 Å². The van der Waals surface area contributed by atoms with Crippen LogP contribution in [0.4, 0.5) is 0 Å². The Kier molecular flexibility index (Phi) is 6.89. The third kappa shape index (κ3) is 4.11. The van der Waals surface area contributed by atoms with E-state index in [0.717, 1.165) is 28.5 Å². The molecule has 1 aliphatic heterocycles. The molecule has 30 heavy (non-hydrogen) atoms. The van der Waals surface area contributed by atoms with Crippen molar-refractivity contribution in [3.8, 4) is 0 Å². The molecule has 8 heteroatoms. The Morgan fingerprint density at radius 1 is 1.30 bits per heavy atom. The lowest BCUT2D eigenvalue weighted by Crippen LogP contribution is -2.30. The van der Waals surface area contributed by atoms with E-state index in [1.807, 2.05) is 42.9 Å². The largest absolute Gasteiger partial charge is 0.383 e. The standard InChI is InChI=1S/C22H28N4O3S/c1-5-15-8-7-9-17-16(12-18-21(28)26(6-2)22(30)24(18)3)13-25(20(15)17)14-19(27)23-10-11-29-4/h7-9,12-13H,5-6,10-11,14H2,1-4H3,(H,23,27)/b18-12-. The van der Waals surface area contributed by atoms with Crippen LogP contribution in [0.5, 0.6) is 0 Å². The minimum Gasteiger partial charge on any atom is -0.383 e. The first-order valence-electron chi connectivity index (χ1n) is 10.1. The van der Waals surface area contributed by atoms with Gasteiger partial charge in [-0.1, -0.05) is 25.1 Å². The van der Waals surface area contributed by atoms with Crippen LogP contribution in [-0.2, 0) is 27.3 Å². The van der Waals surface area contributed by atoms with Crippen molar-refractivity contribution >= 4 is 46.1 Å². The number of benzene rings is 1. The van der Waals surface area contributed by atoms with Gasteiger partial charge in [0.25, 0.3) is 5.91 Å². The predicted molar refractivity (Wildman–Crippen MR) is 122 cm³/mol. The highest BCUT2D eigenvalue weighted by atomic mass is 32.1. The minimum atomic E-state index is -0.102. The van der Waals surface area contributed by atoms with Gasteiger partial charge in [-0.25, -0.2) is 0 Å². The fourth-order valence-corrected chi connectivity index (χ4v) is 4.04. The number of rotatable bonds is 8. The summed E-state index contributed by atoms with van der Waals surface area (Å²) >= 11 is 5.40. The van der Waals surface area contributed by atoms with Crippen LogP contribution in [0.15, 0.2) is 30.1 Å². The Bertz CT molecular complexity index is 1010. The highest BCUT2D eigenvalue weighted by molar-refractivity contribution is 7.80. The van der Waals surface area contributed by atoms with Crippen LogP contribution in [0.25, 0.3) is 17.0 Å². The van der Waals surface area contributed by atoms with Gasteiger partial charge in [0.1, 0.15) is 12.2 Å². The zero-order chi connectivity index (χ0) is 21.8. The van der Waals surface area contributed by atoms with E-state index >= 15 is 0 Å². The van der Waals surface area contributed by atoms with E-state index in [9.17, 15) is 9.59 Å². The summed E-state index contributed by atoms with van der Waals surface area (Å²) in [6, 6.07) is 6.10. The van der Waals surface area contributed by atoms with Crippen molar-refractivity contribution in [3.05, 3.63) is 41.2 Å². The van der Waals surface area contributed by atoms with Crippen LogP contribution in [0.3, 0.4) is 0 Å². The molecule has 0 aliphatic carbocycles. The lowest BCUT2D eigenvalue weighted by Gasteiger charge is -2.13. The Hall–Kier alpha value is -2.71. The van der Waals surface area contributed by atoms with Crippen LogP contribution in [0, 0.1) is 0 Å². The number of likely N-dealkylation sites (N-methyl/N-ethyl adjacent to an activating group) is 2. The number of nitrogens with one attached hydrogen (secondary N) is 1. The summed E-state index contributed by atoms with van der Waals surface area (Å²) in [7, 11) is 3.41. The number of carbonyl (C=O) groups is 2. The summed E-state index contributed by atoms with van der Waals surface area (Å²) in [6.07, 6.45) is 4.64. The van der Waals surface area contributed by atoms with Crippen LogP contribution in [0.2, 0.25) is 0 Å². The van der Waals surface area contributed by atoms with Gasteiger partial charge in [-0.3, -0.25) is 14.5 Å². The van der Waals surface area contributed by atoms with Crippen LogP contribution >= 0.6 is 12.2 Å². The first kappa shape index (κ1) is 22.0. The molecular formula is C22H28N4O3S. The second-order valence-corrected chi connectivity index (χ2v) is 7.51. The number of ether oxygens (including phenoxy) is 1. The fourth-order valence-electron chi connectivity index (χ4n) is 3.73. The minimum absolute atomic E-state index is 0.0820. The van der Waals surface area contributed by atoms with Gasteiger partial charge in [0.05, 0.1) is 12.1 Å². The first-order valence-corrected chi connectivity index (χ1v) is 10.5. The van der Waals surface area contributed by atoms with Gasteiger partial charge in [-0.2, -0.15) is 0 Å². The van der Waals surface area contributed by atoms with E-state index < -0.39 is 0 Å². The lowest BCUT2D eigenvalue weighted by atomic mass is 10.1. The zero-order valence-electron chi connectivity index (χ0n) is 17.9. The molecule has 0 atom stereocenters. The Labute approximate surface area is 182 Å². The van der Waals surface area contributed by atoms with Gasteiger partial charge < -0.3 is 19.5 Å². The van der Waals surface area contributed by atoms with Crippen LogP contribution in [0.1, 0.15) is 25.0 Å². The molecule has 1 N–H and O–H groups in total. The Balaban J connectivity index is 2.03. The number of para-hydroxylation sites is 1. The van der Waals surface area contributed by atoms with Crippen LogP contribution in [-0.4, -0.2) is 65.1 Å². The molecule has 160 valence electrons. The quantitative estimate of drug-likeness (QED) is 0.397. The average molecular weight is 429 g/mol. The average Bonchev–Trinajstić information content (AvgIpc) is 3.18. The molecule has 0 saturated carbocycles. The summed E-state index contributed by atoms with van der Waals surface area (Å²) < 4.78 is 6.95. The summed E-state index contributed by atoms with van der Waals surface area (Å²) in [5.74, 6) is -0.184. The number of hydrogen-bond acceptors (Lipinski definition) is 4. The Morgan fingerprint density at radius 2 is 2.07 bits per heavy atom. The van der Waals surface area contributed by atoms with Crippen molar-refractivity contribution in [1.29, 1.82) is 0 Å². The molecule has 1 aliphatic rings. The highest BCUT2D eigenvalue weighted by Crippen LogP contribution is 2.29. The van der Waals surface area contributed by atoms with Crippen molar-refractivity contribution in [2.24, 2.45) is 0 Å². The molecule has 3 rings (SSSR count). The molecule has 0 spiro atoms. The molecular weight excluding hydrogens is 400 g/mol. The van der Waals surface area contributed by atoms with Gasteiger partial charge in [0.15, 0.2) is 5.11 Å². The topological polar surface area (TPSA) is 66.8 Å². The van der Waals surface area contributed by atoms with Gasteiger partial charge in [0, 0.05) is 44.4 Å². The second kappa shape index (κ2) is 9.40. The van der Waals surface area contributed by atoms with Crippen molar-refractivity contribution in [3.63, 3.8) is 0 Å². The molecule has 2 aromatic rings. The van der Waals surface area contributed by atoms with E-state index in [1.54, 1.807) is 16.9 Å². The highest BCUT2D eigenvalue weighted by Gasteiger charge is 2.34. The maximum atomic E-state index is 12.8. The molecule has 1 fully saturated rings. The Morgan fingerprint density at radius 3 is 2.70 bits per heavy atom. The third-order valence-corrected chi connectivity index (χ3v) is 5.78. The number of nitrogens with zero attached hydrogens (tertiary/aromatic N) is 3. The normalized spacial score (nSPS) is 15.7. The first-order chi connectivity index (χ1) is 14.4. The number of methoxy groups -OCH3 is 1. The maximum Gasteiger partial charge on any atom is 0.276 e. The number of hydrogen-bond donors (Lipinski definition) is 1. The molecule has 1 aromatic heterocycles. The van der Waals surface area contributed by atoms with Gasteiger partial charge in [0.2, 0.25) is 5.91 Å². The molecule has 7 nitrogen and oxygen atoms in total. The SMILES string of the molecule is CCc1cccc2c(/C=C3/C(=O)N(CC)C(=S)N3C)cn(CC(=O)NCCOC)c12. The number of fused-ring (bicyclic) bond motifs is 1. The maximum absolute atomic E-state index is 12.8. The second-order valence-electron chi connectivity index (χ2n) is 7.14. The number of amides is 2. The summed E-state index contributed by atoms with van der Waals surface area (Å²) in [6.45, 7) is 5.66. The van der Waals surface area contributed by atoms with E-state index in [2.05, 4.69) is 18.3 Å². The fraction of sp³-hybridized carbons (Fsp3) is 0.409. The molecule has 2 amide bonds. The summed E-state index contributed by atoms with van der Waals surface area (Å²) in [4.78, 5) is 28.5. The van der Waals surface area contributed by atoms with E-state index in [1.165, 1.54) is 0 Å². The molecule has 1 aromatic carbocycles. The van der Waals surface area contributed by atoms with Gasteiger partial charge in [-0.15, -0.1) is 0 Å².